The van der Waals surface area contributed by atoms with Gasteiger partial charge >= 0.3 is 0 Å². The number of pyridine rings is 1. The average Bonchev–Trinajstić information content (AvgIpc) is 2.65. The van der Waals surface area contributed by atoms with E-state index in [-0.39, 0.29) is 6.04 Å². The summed E-state index contributed by atoms with van der Waals surface area (Å²) in [6.07, 6.45) is 3.36. The number of nitrogens with two attached hydrogens (primary N) is 1. The number of nitrogen functional groups attached to an aromatic ring is 1. The summed E-state index contributed by atoms with van der Waals surface area (Å²) in [6, 6.07) is 3.62. The number of oxazole rings is 1. The summed E-state index contributed by atoms with van der Waals surface area (Å²) in [4.78, 5) is 8.08. The molecule has 2 aromatic rings. The van der Waals surface area contributed by atoms with Gasteiger partial charge in [0.25, 0.3) is 0 Å². The average molecular weight is 218 g/mol. The summed E-state index contributed by atoms with van der Waals surface area (Å²) in [5.41, 5.74) is 6.49. The second kappa shape index (κ2) is 4.22. The van der Waals surface area contributed by atoms with Crippen LogP contribution in [0.5, 0.6) is 0 Å². The van der Waals surface area contributed by atoms with Gasteiger partial charge in [-0.3, -0.25) is 0 Å². The second-order valence-corrected chi connectivity index (χ2v) is 3.64. The Morgan fingerprint density at radius 2 is 2.25 bits per heavy atom. The number of rotatable bonds is 3. The van der Waals surface area contributed by atoms with Crippen LogP contribution in [0.15, 0.2) is 28.9 Å². The standard InChI is InChI=1S/C11H14N4O/c1-7-6-14-11(16-7)8(2)15-9-3-4-13-10(12)5-9/h3-6,8H,1-2H3,(H3,12,13,15). The van der Waals surface area contributed by atoms with Crippen LogP contribution in [0.3, 0.4) is 0 Å². The van der Waals surface area contributed by atoms with E-state index < -0.39 is 0 Å². The van der Waals surface area contributed by atoms with E-state index in [0.29, 0.717) is 11.7 Å². The molecule has 16 heavy (non-hydrogen) atoms. The highest BCUT2D eigenvalue weighted by atomic mass is 16.4. The predicted octanol–water partition coefficient (Wildman–Crippen LogP) is 2.13. The molecule has 0 aliphatic rings. The first-order chi connectivity index (χ1) is 7.65. The highest BCUT2D eigenvalue weighted by Crippen LogP contribution is 2.19. The van der Waals surface area contributed by atoms with Gasteiger partial charge in [-0.05, 0) is 19.9 Å². The van der Waals surface area contributed by atoms with E-state index in [2.05, 4.69) is 15.3 Å². The molecule has 0 saturated carbocycles. The first kappa shape index (κ1) is 10.5. The Morgan fingerprint density at radius 1 is 1.44 bits per heavy atom. The number of aryl methyl sites for hydroxylation is 1. The van der Waals surface area contributed by atoms with E-state index in [1.165, 1.54) is 0 Å². The Morgan fingerprint density at radius 3 is 2.88 bits per heavy atom. The van der Waals surface area contributed by atoms with Crippen molar-refractivity contribution in [1.29, 1.82) is 0 Å². The minimum atomic E-state index is -0.00417. The first-order valence-corrected chi connectivity index (χ1v) is 5.05. The summed E-state index contributed by atoms with van der Waals surface area (Å²) >= 11 is 0. The van der Waals surface area contributed by atoms with Crippen LogP contribution in [0, 0.1) is 6.92 Å². The molecule has 0 amide bonds. The van der Waals surface area contributed by atoms with Crippen LogP contribution in [0.2, 0.25) is 0 Å². The van der Waals surface area contributed by atoms with Crippen molar-refractivity contribution in [3.8, 4) is 0 Å². The van der Waals surface area contributed by atoms with E-state index in [1.807, 2.05) is 19.9 Å². The lowest BCUT2D eigenvalue weighted by Gasteiger charge is -2.11. The van der Waals surface area contributed by atoms with E-state index >= 15 is 0 Å². The van der Waals surface area contributed by atoms with Crippen LogP contribution < -0.4 is 11.1 Å². The van der Waals surface area contributed by atoms with E-state index in [9.17, 15) is 0 Å². The molecule has 1 atom stereocenters. The van der Waals surface area contributed by atoms with E-state index in [1.54, 1.807) is 18.5 Å². The summed E-state index contributed by atoms with van der Waals surface area (Å²) in [5, 5.41) is 3.24. The van der Waals surface area contributed by atoms with Gasteiger partial charge in [0, 0.05) is 18.0 Å². The summed E-state index contributed by atoms with van der Waals surface area (Å²) < 4.78 is 5.43. The molecule has 2 rings (SSSR count). The Balaban J connectivity index is 2.10. The molecule has 0 fully saturated rings. The van der Waals surface area contributed by atoms with Gasteiger partial charge in [0.05, 0.1) is 6.20 Å². The number of anilines is 2. The third-order valence-corrected chi connectivity index (χ3v) is 2.17. The molecule has 84 valence electrons. The van der Waals surface area contributed by atoms with E-state index in [4.69, 9.17) is 10.2 Å². The number of hydrogen-bond acceptors (Lipinski definition) is 5. The third-order valence-electron chi connectivity index (χ3n) is 2.17. The fourth-order valence-corrected chi connectivity index (χ4v) is 1.42. The van der Waals surface area contributed by atoms with Crippen LogP contribution in [0.25, 0.3) is 0 Å². The van der Waals surface area contributed by atoms with Crippen molar-refractivity contribution < 1.29 is 4.42 Å². The Kier molecular flexibility index (Phi) is 2.76. The molecule has 0 aliphatic carbocycles. The molecule has 1 unspecified atom stereocenters. The van der Waals surface area contributed by atoms with Crippen molar-refractivity contribution in [3.63, 3.8) is 0 Å². The molecule has 2 heterocycles. The monoisotopic (exact) mass is 218 g/mol. The Hall–Kier alpha value is -2.04. The SMILES string of the molecule is Cc1cnc(C(C)Nc2ccnc(N)c2)o1. The molecule has 0 bridgehead atoms. The van der Waals surface area contributed by atoms with Crippen molar-refractivity contribution in [2.24, 2.45) is 0 Å². The largest absolute Gasteiger partial charge is 0.444 e. The molecule has 2 aromatic heterocycles. The molecular weight excluding hydrogens is 204 g/mol. The van der Waals surface area contributed by atoms with Crippen molar-refractivity contribution in [3.05, 3.63) is 36.2 Å². The molecule has 0 aromatic carbocycles. The molecule has 3 N–H and O–H groups in total. The lowest BCUT2D eigenvalue weighted by Crippen LogP contribution is -2.07. The third kappa shape index (κ3) is 2.31. The van der Waals surface area contributed by atoms with Crippen LogP contribution in [-0.4, -0.2) is 9.97 Å². The number of hydrogen-bond donors (Lipinski definition) is 2. The molecule has 0 spiro atoms. The zero-order chi connectivity index (χ0) is 11.5. The predicted molar refractivity (Wildman–Crippen MR) is 61.9 cm³/mol. The number of nitrogens with zero attached hydrogens (tertiary/aromatic N) is 2. The van der Waals surface area contributed by atoms with Crippen LogP contribution in [0.1, 0.15) is 24.6 Å². The normalized spacial score (nSPS) is 12.4. The van der Waals surface area contributed by atoms with Crippen molar-refractivity contribution in [2.75, 3.05) is 11.1 Å². The Bertz CT molecular complexity index is 480. The van der Waals surface area contributed by atoms with Crippen molar-refractivity contribution >= 4 is 11.5 Å². The van der Waals surface area contributed by atoms with Gasteiger partial charge < -0.3 is 15.5 Å². The lowest BCUT2D eigenvalue weighted by atomic mass is 10.3. The topological polar surface area (TPSA) is 77.0 Å². The highest BCUT2D eigenvalue weighted by Gasteiger charge is 2.10. The summed E-state index contributed by atoms with van der Waals surface area (Å²) in [7, 11) is 0. The van der Waals surface area contributed by atoms with Gasteiger partial charge in [0.2, 0.25) is 5.89 Å². The van der Waals surface area contributed by atoms with Gasteiger partial charge in [-0.15, -0.1) is 0 Å². The van der Waals surface area contributed by atoms with Gasteiger partial charge in [-0.25, -0.2) is 9.97 Å². The maximum Gasteiger partial charge on any atom is 0.216 e. The van der Waals surface area contributed by atoms with Gasteiger partial charge in [-0.2, -0.15) is 0 Å². The minimum absolute atomic E-state index is 0.00417. The maximum atomic E-state index is 5.59. The molecular formula is C11H14N4O. The van der Waals surface area contributed by atoms with Gasteiger partial charge in [0.15, 0.2) is 0 Å². The molecule has 5 nitrogen and oxygen atoms in total. The highest BCUT2D eigenvalue weighted by molar-refractivity contribution is 5.50. The van der Waals surface area contributed by atoms with Gasteiger partial charge in [0.1, 0.15) is 17.6 Å². The quantitative estimate of drug-likeness (QED) is 0.825. The van der Waals surface area contributed by atoms with Gasteiger partial charge in [-0.1, -0.05) is 0 Å². The zero-order valence-corrected chi connectivity index (χ0v) is 9.27. The summed E-state index contributed by atoms with van der Waals surface area (Å²) in [6.45, 7) is 3.84. The van der Waals surface area contributed by atoms with Crippen LogP contribution >= 0.6 is 0 Å². The zero-order valence-electron chi connectivity index (χ0n) is 9.27. The number of nitrogens with one attached hydrogen (secondary N) is 1. The van der Waals surface area contributed by atoms with Crippen molar-refractivity contribution in [1.82, 2.24) is 9.97 Å². The first-order valence-electron chi connectivity index (χ1n) is 5.05. The molecule has 0 aliphatic heterocycles. The molecule has 5 heteroatoms. The fourth-order valence-electron chi connectivity index (χ4n) is 1.42. The van der Waals surface area contributed by atoms with Crippen LogP contribution in [0.4, 0.5) is 11.5 Å². The lowest BCUT2D eigenvalue weighted by molar-refractivity contribution is 0.453. The second-order valence-electron chi connectivity index (χ2n) is 3.64. The maximum absolute atomic E-state index is 5.59. The fraction of sp³-hybridized carbons (Fsp3) is 0.273. The van der Waals surface area contributed by atoms with Crippen molar-refractivity contribution in [2.45, 2.75) is 19.9 Å². The minimum Gasteiger partial charge on any atom is -0.444 e. The van der Waals surface area contributed by atoms with Crippen LogP contribution in [-0.2, 0) is 0 Å². The molecule has 0 saturated heterocycles. The number of aromatic nitrogens is 2. The summed E-state index contributed by atoms with van der Waals surface area (Å²) in [5.74, 6) is 1.95. The Labute approximate surface area is 93.7 Å². The molecule has 0 radical (unpaired) electrons. The van der Waals surface area contributed by atoms with E-state index in [0.717, 1.165) is 11.4 Å². The smallest absolute Gasteiger partial charge is 0.216 e.